The first-order valence-electron chi connectivity index (χ1n) is 29.9. The van der Waals surface area contributed by atoms with Crippen molar-refractivity contribution in [3.05, 3.63) is 109 Å². The van der Waals surface area contributed by atoms with E-state index in [9.17, 15) is 14.4 Å². The molecular weight excluding hydrogens is 889 g/mol. The second-order valence-corrected chi connectivity index (χ2v) is 19.5. The summed E-state index contributed by atoms with van der Waals surface area (Å²) < 4.78 is 16.8. The highest BCUT2D eigenvalue weighted by atomic mass is 16.6. The molecule has 72 heavy (non-hydrogen) atoms. The van der Waals surface area contributed by atoms with E-state index in [-0.39, 0.29) is 31.6 Å². The molecule has 6 nitrogen and oxygen atoms in total. The molecule has 0 aliphatic carbocycles. The maximum atomic E-state index is 12.9. The number of allylic oxidation sites excluding steroid dienone is 17. The third kappa shape index (κ3) is 57.0. The highest BCUT2D eigenvalue weighted by Gasteiger charge is 2.19. The lowest BCUT2D eigenvalue weighted by Crippen LogP contribution is -2.30. The normalized spacial score (nSPS) is 12.9. The second kappa shape index (κ2) is 59.6. The molecule has 1 atom stereocenters. The fourth-order valence-corrected chi connectivity index (χ4v) is 8.05. The van der Waals surface area contributed by atoms with Gasteiger partial charge in [0.25, 0.3) is 0 Å². The zero-order valence-electron chi connectivity index (χ0n) is 46.9. The smallest absolute Gasteiger partial charge is 0.309 e. The summed E-state index contributed by atoms with van der Waals surface area (Å²) >= 11 is 0. The summed E-state index contributed by atoms with van der Waals surface area (Å²) in [6.07, 6.45) is 81.1. The zero-order valence-corrected chi connectivity index (χ0v) is 46.9. The van der Waals surface area contributed by atoms with Crippen LogP contribution in [0.5, 0.6) is 0 Å². The van der Waals surface area contributed by atoms with Gasteiger partial charge in [0.15, 0.2) is 6.10 Å². The molecule has 0 fully saturated rings. The largest absolute Gasteiger partial charge is 0.462 e. The summed E-state index contributed by atoms with van der Waals surface area (Å²) in [5.74, 6) is -1.06. The maximum Gasteiger partial charge on any atom is 0.309 e. The average molecular weight is 1000 g/mol. The quantitative estimate of drug-likeness (QED) is 0.0261. The van der Waals surface area contributed by atoms with Crippen LogP contribution < -0.4 is 0 Å². The number of carbonyl (C=O) groups is 3. The van der Waals surface area contributed by atoms with E-state index in [2.05, 4.69) is 118 Å². The van der Waals surface area contributed by atoms with Crippen molar-refractivity contribution in [2.24, 2.45) is 0 Å². The first kappa shape index (κ1) is 68.1. The lowest BCUT2D eigenvalue weighted by atomic mass is 10.1. The Morgan fingerprint density at radius 1 is 0.306 bits per heavy atom. The van der Waals surface area contributed by atoms with Crippen LogP contribution in [-0.4, -0.2) is 37.2 Å². The molecule has 410 valence electrons. The van der Waals surface area contributed by atoms with Crippen LogP contribution in [0.3, 0.4) is 0 Å². The summed E-state index contributed by atoms with van der Waals surface area (Å²) in [7, 11) is 0. The predicted octanol–water partition coefficient (Wildman–Crippen LogP) is 20.3. The Labute approximate surface area is 444 Å². The number of hydrogen-bond donors (Lipinski definition) is 0. The van der Waals surface area contributed by atoms with Gasteiger partial charge in [-0.3, -0.25) is 14.4 Å². The van der Waals surface area contributed by atoms with Crippen molar-refractivity contribution in [1.82, 2.24) is 0 Å². The average Bonchev–Trinajstić information content (AvgIpc) is 3.38. The van der Waals surface area contributed by atoms with Gasteiger partial charge >= 0.3 is 17.9 Å². The first-order valence-corrected chi connectivity index (χ1v) is 29.9. The Morgan fingerprint density at radius 2 is 0.597 bits per heavy atom. The van der Waals surface area contributed by atoms with E-state index in [1.807, 2.05) is 6.08 Å². The molecule has 0 rings (SSSR count). The monoisotopic (exact) mass is 999 g/mol. The minimum absolute atomic E-state index is 0.116. The van der Waals surface area contributed by atoms with Crippen molar-refractivity contribution < 1.29 is 28.6 Å². The molecule has 1 unspecified atom stereocenters. The summed E-state index contributed by atoms with van der Waals surface area (Å²) in [4.78, 5) is 38.1. The van der Waals surface area contributed by atoms with Gasteiger partial charge in [-0.2, -0.15) is 0 Å². The van der Waals surface area contributed by atoms with E-state index in [0.29, 0.717) is 12.8 Å². The van der Waals surface area contributed by atoms with E-state index < -0.39 is 12.1 Å². The molecule has 0 amide bonds. The van der Waals surface area contributed by atoms with Crippen LogP contribution in [0.25, 0.3) is 0 Å². The Balaban J connectivity index is 4.47. The number of hydrogen-bond acceptors (Lipinski definition) is 6. The zero-order chi connectivity index (χ0) is 52.2. The fourth-order valence-electron chi connectivity index (χ4n) is 8.05. The van der Waals surface area contributed by atoms with E-state index in [0.717, 1.165) is 103 Å². The highest BCUT2D eigenvalue weighted by molar-refractivity contribution is 5.72. The predicted molar refractivity (Wildman–Crippen MR) is 311 cm³/mol. The molecule has 0 aromatic heterocycles. The third-order valence-electron chi connectivity index (χ3n) is 12.5. The van der Waals surface area contributed by atoms with Gasteiger partial charge in [0, 0.05) is 12.8 Å². The Hall–Kier alpha value is -3.93. The van der Waals surface area contributed by atoms with Crippen LogP contribution >= 0.6 is 0 Å². The summed E-state index contributed by atoms with van der Waals surface area (Å²) in [6, 6.07) is 0. The molecule has 0 aliphatic rings. The van der Waals surface area contributed by atoms with E-state index in [1.54, 1.807) is 6.08 Å². The number of rotatable bonds is 53. The van der Waals surface area contributed by atoms with Crippen LogP contribution in [0, 0.1) is 0 Å². The molecule has 0 aromatic carbocycles. The topological polar surface area (TPSA) is 78.9 Å². The van der Waals surface area contributed by atoms with Crippen molar-refractivity contribution in [3.63, 3.8) is 0 Å². The molecule has 0 aromatic rings. The van der Waals surface area contributed by atoms with Gasteiger partial charge in [0.2, 0.25) is 0 Å². The first-order chi connectivity index (χ1) is 35.5. The Kier molecular flexibility index (Phi) is 56.4. The molecule has 0 saturated heterocycles. The highest BCUT2D eigenvalue weighted by Crippen LogP contribution is 2.14. The minimum atomic E-state index is -0.828. The lowest BCUT2D eigenvalue weighted by molar-refractivity contribution is -0.166. The summed E-state index contributed by atoms with van der Waals surface area (Å²) in [5.41, 5.74) is 0. The number of ether oxygens (including phenoxy) is 3. The summed E-state index contributed by atoms with van der Waals surface area (Å²) in [5, 5.41) is 0. The van der Waals surface area contributed by atoms with Crippen molar-refractivity contribution in [2.75, 3.05) is 13.2 Å². The van der Waals surface area contributed by atoms with Crippen LogP contribution in [0.15, 0.2) is 109 Å². The van der Waals surface area contributed by atoms with Crippen LogP contribution in [-0.2, 0) is 28.6 Å². The standard InChI is InChI=1S/C66H110O6/c1-4-7-10-13-16-19-22-25-28-30-31-32-33-34-35-36-39-41-44-47-50-53-56-59-65(68)71-62-63(61-70-64(67)58-55-52-49-46-43-40-37-27-24-21-18-15-12-9-6-3)72-66(69)60-57-54-51-48-45-42-38-29-26-23-20-17-14-11-8-5-2/h9,12,18,21-22,25,27,29-31,33-34,37-38,43,46,52,55,63H,4-8,10-11,13-17,19-20,23-24,26,28,32,35-36,39-42,44-45,47-51,53-54,56-62H2,1-3H3/b12-9-,21-18-,25-22-,31-30-,34-33-,37-27-,38-29-,46-43-,55-52-. The lowest BCUT2D eigenvalue weighted by Gasteiger charge is -2.18. The molecule has 0 spiro atoms. The van der Waals surface area contributed by atoms with Gasteiger partial charge in [0.05, 0.1) is 6.42 Å². The molecule has 0 radical (unpaired) electrons. The van der Waals surface area contributed by atoms with Gasteiger partial charge in [-0.25, -0.2) is 0 Å². The molecular formula is C66H110O6. The van der Waals surface area contributed by atoms with Gasteiger partial charge in [-0.05, 0) is 109 Å². The van der Waals surface area contributed by atoms with Crippen molar-refractivity contribution in [1.29, 1.82) is 0 Å². The SMILES string of the molecule is CC/C=C\C/C=C\C/C=C\C/C=C\C/C=C\CC(=O)OCC(COC(=O)CCCCCCCCCC/C=C\C/C=C\C/C=C\CCCCCCC)OC(=O)CCCCCCC/C=C\CCCCCCCCC. The Morgan fingerprint density at radius 3 is 0.986 bits per heavy atom. The minimum Gasteiger partial charge on any atom is -0.462 e. The van der Waals surface area contributed by atoms with Gasteiger partial charge in [-0.1, -0.05) is 252 Å². The molecule has 0 heterocycles. The number of esters is 3. The number of unbranched alkanes of at least 4 members (excludes halogenated alkanes) is 25. The maximum absolute atomic E-state index is 12.9. The van der Waals surface area contributed by atoms with Crippen LogP contribution in [0.4, 0.5) is 0 Å². The third-order valence-corrected chi connectivity index (χ3v) is 12.5. The van der Waals surface area contributed by atoms with E-state index >= 15 is 0 Å². The van der Waals surface area contributed by atoms with Crippen molar-refractivity contribution >= 4 is 17.9 Å². The van der Waals surface area contributed by atoms with Crippen molar-refractivity contribution in [2.45, 2.75) is 277 Å². The van der Waals surface area contributed by atoms with Crippen LogP contribution in [0.1, 0.15) is 271 Å². The fraction of sp³-hybridized carbons (Fsp3) is 0.682. The summed E-state index contributed by atoms with van der Waals surface area (Å²) in [6.45, 7) is 6.42. The van der Waals surface area contributed by atoms with E-state index in [4.69, 9.17) is 14.2 Å². The Bertz CT molecular complexity index is 1470. The van der Waals surface area contributed by atoms with Crippen molar-refractivity contribution in [3.8, 4) is 0 Å². The second-order valence-electron chi connectivity index (χ2n) is 19.5. The molecule has 0 aliphatic heterocycles. The molecule has 6 heteroatoms. The van der Waals surface area contributed by atoms with E-state index in [1.165, 1.54) is 128 Å². The van der Waals surface area contributed by atoms with Gasteiger partial charge < -0.3 is 14.2 Å². The molecule has 0 bridgehead atoms. The van der Waals surface area contributed by atoms with Gasteiger partial charge in [0.1, 0.15) is 13.2 Å². The molecule has 0 N–H and O–H groups in total. The molecule has 0 saturated carbocycles. The van der Waals surface area contributed by atoms with Gasteiger partial charge in [-0.15, -0.1) is 0 Å². The van der Waals surface area contributed by atoms with Crippen LogP contribution in [0.2, 0.25) is 0 Å². The number of carbonyl (C=O) groups excluding carboxylic acids is 3.